The van der Waals surface area contributed by atoms with Crippen molar-refractivity contribution in [3.05, 3.63) is 48.2 Å². The summed E-state index contributed by atoms with van der Waals surface area (Å²) in [7, 11) is 4.09. The molecule has 0 atom stereocenters. The van der Waals surface area contributed by atoms with Crippen molar-refractivity contribution in [3.63, 3.8) is 0 Å². The molecule has 0 bridgehead atoms. The molecule has 1 aromatic heterocycles. The highest BCUT2D eigenvalue weighted by atomic mass is 16.5. The summed E-state index contributed by atoms with van der Waals surface area (Å²) in [4.78, 5) is 18.8. The first-order valence-electron chi connectivity index (χ1n) is 8.87. The zero-order chi connectivity index (χ0) is 18.9. The van der Waals surface area contributed by atoms with Gasteiger partial charge in [-0.3, -0.25) is 4.79 Å². The van der Waals surface area contributed by atoms with E-state index >= 15 is 0 Å². The molecule has 6 nitrogen and oxygen atoms in total. The highest BCUT2D eigenvalue weighted by molar-refractivity contribution is 6.04. The van der Waals surface area contributed by atoms with Gasteiger partial charge in [0.15, 0.2) is 0 Å². The third kappa shape index (κ3) is 6.72. The number of hydrogen-bond acceptors (Lipinski definition) is 5. The van der Waals surface area contributed by atoms with Crippen LogP contribution in [0.5, 0.6) is 5.75 Å². The lowest BCUT2D eigenvalue weighted by Crippen LogP contribution is -2.17. The smallest absolute Gasteiger partial charge is 0.255 e. The minimum absolute atomic E-state index is 0.121. The molecule has 0 saturated carbocycles. The summed E-state index contributed by atoms with van der Waals surface area (Å²) in [6.07, 6.45) is 2.77. The molecule has 0 aliphatic carbocycles. The average Bonchev–Trinajstić information content (AvgIpc) is 2.60. The molecule has 0 unspecified atom stereocenters. The number of carbonyl (C=O) groups is 1. The van der Waals surface area contributed by atoms with Crippen LogP contribution in [0, 0.1) is 0 Å². The zero-order valence-electron chi connectivity index (χ0n) is 16.0. The molecule has 1 amide bonds. The van der Waals surface area contributed by atoms with Crippen molar-refractivity contribution in [2.24, 2.45) is 0 Å². The van der Waals surface area contributed by atoms with Gasteiger partial charge in [0.1, 0.15) is 11.6 Å². The number of anilines is 2. The predicted octanol–water partition coefficient (Wildman–Crippen LogP) is 3.48. The van der Waals surface area contributed by atoms with Gasteiger partial charge < -0.3 is 20.3 Å². The van der Waals surface area contributed by atoms with E-state index in [4.69, 9.17) is 4.74 Å². The van der Waals surface area contributed by atoms with Crippen LogP contribution in [-0.2, 0) is 0 Å². The molecule has 0 aliphatic rings. The fraction of sp³-hybridized carbons (Fsp3) is 0.400. The Kier molecular flexibility index (Phi) is 7.41. The molecule has 26 heavy (non-hydrogen) atoms. The molecule has 6 heteroatoms. The van der Waals surface area contributed by atoms with Crippen molar-refractivity contribution in [2.75, 3.05) is 37.8 Å². The lowest BCUT2D eigenvalue weighted by atomic mass is 10.2. The Labute approximate surface area is 155 Å². The van der Waals surface area contributed by atoms with Crippen molar-refractivity contribution in [1.29, 1.82) is 0 Å². The molecular weight excluding hydrogens is 328 g/mol. The Morgan fingerprint density at radius 2 is 1.92 bits per heavy atom. The highest BCUT2D eigenvalue weighted by Crippen LogP contribution is 2.18. The summed E-state index contributed by atoms with van der Waals surface area (Å²) >= 11 is 0. The summed E-state index contributed by atoms with van der Waals surface area (Å²) in [6, 6.07) is 10.8. The number of pyridine rings is 1. The number of carbonyl (C=O) groups excluding carboxylic acids is 1. The topological polar surface area (TPSA) is 66.5 Å². The van der Waals surface area contributed by atoms with Crippen LogP contribution in [-0.4, -0.2) is 49.1 Å². The minimum atomic E-state index is -0.165. The molecule has 0 aliphatic heterocycles. The first-order valence-corrected chi connectivity index (χ1v) is 8.87. The van der Waals surface area contributed by atoms with Gasteiger partial charge in [-0.25, -0.2) is 4.98 Å². The number of nitrogens with one attached hydrogen (secondary N) is 2. The molecule has 140 valence electrons. The number of aromatic nitrogens is 1. The maximum Gasteiger partial charge on any atom is 0.255 e. The third-order valence-electron chi connectivity index (χ3n) is 3.59. The zero-order valence-corrected chi connectivity index (χ0v) is 16.0. The second-order valence-electron chi connectivity index (χ2n) is 6.66. The fourth-order valence-electron chi connectivity index (χ4n) is 2.37. The Morgan fingerprint density at radius 3 is 2.58 bits per heavy atom. The Bertz CT molecular complexity index is 699. The molecular formula is C20H28N4O2. The van der Waals surface area contributed by atoms with E-state index in [0.717, 1.165) is 30.9 Å². The van der Waals surface area contributed by atoms with E-state index in [-0.39, 0.29) is 12.0 Å². The number of nitrogens with zero attached hydrogens (tertiary/aromatic N) is 2. The molecule has 1 aromatic carbocycles. The Balaban J connectivity index is 1.91. The van der Waals surface area contributed by atoms with Gasteiger partial charge >= 0.3 is 0 Å². The standard InChI is InChI=1S/C20H28N4O2/c1-15(2)26-18-8-6-17(7-9-18)23-20(25)16-10-12-22-19(14-16)21-11-5-13-24(3)4/h6-10,12,14-15H,5,11,13H2,1-4H3,(H,21,22)(H,23,25). The first kappa shape index (κ1) is 19.7. The number of ether oxygens (including phenoxy) is 1. The first-order chi connectivity index (χ1) is 12.4. The van der Waals surface area contributed by atoms with Crippen molar-refractivity contribution >= 4 is 17.4 Å². The molecule has 0 spiro atoms. The van der Waals surface area contributed by atoms with Gasteiger partial charge in [-0.05, 0) is 77.3 Å². The van der Waals surface area contributed by atoms with Gasteiger partial charge in [0.05, 0.1) is 6.10 Å². The quantitative estimate of drug-likeness (QED) is 0.673. The Hall–Kier alpha value is -2.60. The minimum Gasteiger partial charge on any atom is -0.491 e. The second-order valence-corrected chi connectivity index (χ2v) is 6.66. The monoisotopic (exact) mass is 356 g/mol. The maximum absolute atomic E-state index is 12.4. The van der Waals surface area contributed by atoms with Crippen LogP contribution in [0.25, 0.3) is 0 Å². The molecule has 2 aromatic rings. The molecule has 1 heterocycles. The van der Waals surface area contributed by atoms with Gasteiger partial charge in [-0.15, -0.1) is 0 Å². The van der Waals surface area contributed by atoms with Crippen LogP contribution in [0.2, 0.25) is 0 Å². The summed E-state index contributed by atoms with van der Waals surface area (Å²) in [5.41, 5.74) is 1.29. The SMILES string of the molecule is CC(C)Oc1ccc(NC(=O)c2ccnc(NCCCN(C)C)c2)cc1. The van der Waals surface area contributed by atoms with E-state index in [1.807, 2.05) is 52.2 Å². The fourth-order valence-corrected chi connectivity index (χ4v) is 2.37. The van der Waals surface area contributed by atoms with E-state index < -0.39 is 0 Å². The van der Waals surface area contributed by atoms with E-state index in [0.29, 0.717) is 11.4 Å². The predicted molar refractivity (Wildman–Crippen MR) is 106 cm³/mol. The van der Waals surface area contributed by atoms with Crippen LogP contribution in [0.1, 0.15) is 30.6 Å². The molecule has 2 rings (SSSR count). The molecule has 0 fully saturated rings. The van der Waals surface area contributed by atoms with Gasteiger partial charge in [0.25, 0.3) is 5.91 Å². The molecule has 2 N–H and O–H groups in total. The van der Waals surface area contributed by atoms with E-state index in [9.17, 15) is 4.79 Å². The van der Waals surface area contributed by atoms with Crippen molar-refractivity contribution < 1.29 is 9.53 Å². The van der Waals surface area contributed by atoms with Crippen LogP contribution in [0.4, 0.5) is 11.5 Å². The van der Waals surface area contributed by atoms with E-state index in [1.54, 1.807) is 18.3 Å². The highest BCUT2D eigenvalue weighted by Gasteiger charge is 2.08. The van der Waals surface area contributed by atoms with E-state index in [1.165, 1.54) is 0 Å². The summed E-state index contributed by atoms with van der Waals surface area (Å²) in [5.74, 6) is 1.32. The van der Waals surface area contributed by atoms with Gasteiger partial charge in [0.2, 0.25) is 0 Å². The molecule has 0 radical (unpaired) electrons. The number of rotatable bonds is 9. The number of benzene rings is 1. The van der Waals surface area contributed by atoms with Crippen molar-refractivity contribution in [1.82, 2.24) is 9.88 Å². The van der Waals surface area contributed by atoms with E-state index in [2.05, 4.69) is 20.5 Å². The van der Waals surface area contributed by atoms with Crippen LogP contribution in [0.15, 0.2) is 42.6 Å². The Morgan fingerprint density at radius 1 is 1.19 bits per heavy atom. The van der Waals surface area contributed by atoms with Gasteiger partial charge in [-0.1, -0.05) is 0 Å². The van der Waals surface area contributed by atoms with Crippen LogP contribution < -0.4 is 15.4 Å². The van der Waals surface area contributed by atoms with Crippen LogP contribution in [0.3, 0.4) is 0 Å². The summed E-state index contributed by atoms with van der Waals surface area (Å²) in [5, 5.41) is 6.14. The van der Waals surface area contributed by atoms with Crippen molar-refractivity contribution in [3.8, 4) is 5.75 Å². The molecule has 0 saturated heterocycles. The van der Waals surface area contributed by atoms with Crippen molar-refractivity contribution in [2.45, 2.75) is 26.4 Å². The normalized spacial score (nSPS) is 10.8. The average molecular weight is 356 g/mol. The second kappa shape index (κ2) is 9.77. The largest absolute Gasteiger partial charge is 0.491 e. The number of hydrogen-bond donors (Lipinski definition) is 2. The third-order valence-corrected chi connectivity index (χ3v) is 3.59. The lowest BCUT2D eigenvalue weighted by molar-refractivity contribution is 0.102. The summed E-state index contributed by atoms with van der Waals surface area (Å²) < 4.78 is 5.60. The van der Waals surface area contributed by atoms with Crippen LogP contribution >= 0.6 is 0 Å². The maximum atomic E-state index is 12.4. The lowest BCUT2D eigenvalue weighted by Gasteiger charge is -2.12. The van der Waals surface area contributed by atoms with Gasteiger partial charge in [0, 0.05) is 24.0 Å². The number of amides is 1. The van der Waals surface area contributed by atoms with Gasteiger partial charge in [-0.2, -0.15) is 0 Å². The summed E-state index contributed by atoms with van der Waals surface area (Å²) in [6.45, 7) is 5.77.